The highest BCUT2D eigenvalue weighted by molar-refractivity contribution is 7.99. The van der Waals surface area contributed by atoms with Crippen molar-refractivity contribution in [3.63, 3.8) is 0 Å². The fraction of sp³-hybridized carbons (Fsp3) is 0.222. The number of amides is 1. The molecule has 1 amide bonds. The number of hydrogen-bond donors (Lipinski definition) is 0. The van der Waals surface area contributed by atoms with E-state index in [-0.39, 0.29) is 5.91 Å². The molecule has 2 aromatic carbocycles. The molecule has 0 bridgehead atoms. The molecule has 2 aliphatic heterocycles. The Balaban J connectivity index is 1.80. The lowest BCUT2D eigenvalue weighted by Gasteiger charge is -2.29. The standard InChI is InChI=1S/C18H16N2OS2/c1-18-11-23-15-6-4-3-5-14(15)16(18)19-20(17(18)21)12-7-9-13(22-2)10-8-12/h3-10H,11H2,1-2H3. The Labute approximate surface area is 144 Å². The van der Waals surface area contributed by atoms with Gasteiger partial charge in [0.2, 0.25) is 0 Å². The van der Waals surface area contributed by atoms with Crippen LogP contribution in [0.25, 0.3) is 0 Å². The van der Waals surface area contributed by atoms with Gasteiger partial charge in [0.05, 0.1) is 11.4 Å². The van der Waals surface area contributed by atoms with Crippen LogP contribution in [-0.4, -0.2) is 23.6 Å². The van der Waals surface area contributed by atoms with Crippen LogP contribution in [0.5, 0.6) is 0 Å². The van der Waals surface area contributed by atoms with Crippen LogP contribution in [0.1, 0.15) is 12.5 Å². The minimum Gasteiger partial charge on any atom is -0.271 e. The molecule has 2 heterocycles. The van der Waals surface area contributed by atoms with Crippen molar-refractivity contribution < 1.29 is 4.79 Å². The summed E-state index contributed by atoms with van der Waals surface area (Å²) in [4.78, 5) is 15.4. The van der Waals surface area contributed by atoms with Gasteiger partial charge in [0, 0.05) is 21.1 Å². The summed E-state index contributed by atoms with van der Waals surface area (Å²) < 4.78 is 0. The molecule has 0 radical (unpaired) electrons. The van der Waals surface area contributed by atoms with Crippen LogP contribution in [0.15, 0.2) is 63.4 Å². The fourth-order valence-electron chi connectivity index (χ4n) is 2.98. The Bertz CT molecular complexity index is 816. The third-order valence-electron chi connectivity index (χ3n) is 4.36. The molecule has 0 N–H and O–H groups in total. The number of carbonyl (C=O) groups is 1. The van der Waals surface area contributed by atoms with Crippen LogP contribution in [-0.2, 0) is 4.79 Å². The van der Waals surface area contributed by atoms with E-state index in [1.807, 2.05) is 49.6 Å². The number of carbonyl (C=O) groups excluding carboxylic acids is 1. The topological polar surface area (TPSA) is 32.7 Å². The third kappa shape index (κ3) is 2.22. The molecule has 0 saturated heterocycles. The number of nitrogens with zero attached hydrogens (tertiary/aromatic N) is 2. The van der Waals surface area contributed by atoms with Gasteiger partial charge in [-0.15, -0.1) is 23.5 Å². The number of benzene rings is 2. The van der Waals surface area contributed by atoms with Gasteiger partial charge in [-0.05, 0) is 43.5 Å². The Morgan fingerprint density at radius 1 is 1.17 bits per heavy atom. The molecule has 23 heavy (non-hydrogen) atoms. The molecule has 0 spiro atoms. The largest absolute Gasteiger partial charge is 0.271 e. The first kappa shape index (κ1) is 14.8. The summed E-state index contributed by atoms with van der Waals surface area (Å²) in [6.07, 6.45) is 2.04. The second-order valence-electron chi connectivity index (χ2n) is 5.88. The van der Waals surface area contributed by atoms with Crippen molar-refractivity contribution in [1.82, 2.24) is 0 Å². The van der Waals surface area contributed by atoms with Crippen LogP contribution in [0.4, 0.5) is 5.69 Å². The lowest BCUT2D eigenvalue weighted by Crippen LogP contribution is -2.41. The highest BCUT2D eigenvalue weighted by Gasteiger charge is 2.50. The highest BCUT2D eigenvalue weighted by atomic mass is 32.2. The molecule has 0 fully saturated rings. The average molecular weight is 340 g/mol. The first-order valence-electron chi connectivity index (χ1n) is 7.43. The Hall–Kier alpha value is -1.72. The Morgan fingerprint density at radius 3 is 2.65 bits per heavy atom. The molecular formula is C18H16N2OS2. The smallest absolute Gasteiger partial charge is 0.260 e. The first-order chi connectivity index (χ1) is 11.1. The van der Waals surface area contributed by atoms with E-state index in [0.29, 0.717) is 0 Å². The van der Waals surface area contributed by atoms with E-state index in [2.05, 4.69) is 12.1 Å². The normalized spacial score (nSPS) is 22.6. The third-order valence-corrected chi connectivity index (χ3v) is 6.49. The van der Waals surface area contributed by atoms with E-state index in [9.17, 15) is 4.79 Å². The number of rotatable bonds is 2. The first-order valence-corrected chi connectivity index (χ1v) is 9.64. The Morgan fingerprint density at radius 2 is 1.91 bits per heavy atom. The maximum absolute atomic E-state index is 13.0. The molecule has 4 rings (SSSR count). The average Bonchev–Trinajstić information content (AvgIpc) is 2.87. The van der Waals surface area contributed by atoms with Gasteiger partial charge in [0.1, 0.15) is 5.41 Å². The summed E-state index contributed by atoms with van der Waals surface area (Å²) in [7, 11) is 0. The van der Waals surface area contributed by atoms with Gasteiger partial charge in [-0.2, -0.15) is 10.1 Å². The molecule has 0 aromatic heterocycles. The van der Waals surface area contributed by atoms with Gasteiger partial charge in [-0.25, -0.2) is 0 Å². The summed E-state index contributed by atoms with van der Waals surface area (Å²) in [6, 6.07) is 16.2. The van der Waals surface area contributed by atoms with Gasteiger partial charge in [-0.3, -0.25) is 4.79 Å². The summed E-state index contributed by atoms with van der Waals surface area (Å²) >= 11 is 3.43. The van der Waals surface area contributed by atoms with Crippen molar-refractivity contribution >= 4 is 40.8 Å². The molecule has 0 saturated carbocycles. The molecule has 5 heteroatoms. The highest BCUT2D eigenvalue weighted by Crippen LogP contribution is 2.45. The van der Waals surface area contributed by atoms with E-state index < -0.39 is 5.41 Å². The number of hydrogen-bond acceptors (Lipinski definition) is 4. The summed E-state index contributed by atoms with van der Waals surface area (Å²) in [5, 5.41) is 6.28. The number of thioether (sulfide) groups is 2. The van der Waals surface area contributed by atoms with Gasteiger partial charge in [-0.1, -0.05) is 18.2 Å². The van der Waals surface area contributed by atoms with Crippen LogP contribution in [0.3, 0.4) is 0 Å². The van der Waals surface area contributed by atoms with Crippen LogP contribution in [0.2, 0.25) is 0 Å². The molecule has 3 nitrogen and oxygen atoms in total. The quantitative estimate of drug-likeness (QED) is 0.765. The minimum atomic E-state index is -0.544. The maximum Gasteiger partial charge on any atom is 0.260 e. The predicted octanol–water partition coefficient (Wildman–Crippen LogP) is 4.27. The number of anilines is 1. The molecule has 2 aliphatic rings. The van der Waals surface area contributed by atoms with E-state index in [1.165, 1.54) is 9.79 Å². The summed E-state index contributed by atoms with van der Waals surface area (Å²) in [5.41, 5.74) is 2.27. The monoisotopic (exact) mass is 340 g/mol. The van der Waals surface area contributed by atoms with Crippen molar-refractivity contribution in [3.05, 3.63) is 54.1 Å². The maximum atomic E-state index is 13.0. The number of hydrazone groups is 1. The van der Waals surface area contributed by atoms with Crippen molar-refractivity contribution in [1.29, 1.82) is 0 Å². The molecular weight excluding hydrogens is 324 g/mol. The second-order valence-corrected chi connectivity index (χ2v) is 7.78. The van der Waals surface area contributed by atoms with Gasteiger partial charge in [0.15, 0.2) is 0 Å². The SMILES string of the molecule is CSc1ccc(N2N=C3c4ccccc4SCC3(C)C2=O)cc1. The Kier molecular flexibility index (Phi) is 3.50. The molecule has 2 aromatic rings. The summed E-state index contributed by atoms with van der Waals surface area (Å²) in [5.74, 6) is 0.799. The van der Waals surface area contributed by atoms with E-state index >= 15 is 0 Å². The van der Waals surface area contributed by atoms with E-state index in [4.69, 9.17) is 5.10 Å². The second kappa shape index (κ2) is 5.42. The molecule has 116 valence electrons. The summed E-state index contributed by atoms with van der Waals surface area (Å²) in [6.45, 7) is 2.01. The van der Waals surface area contributed by atoms with Crippen molar-refractivity contribution in [3.8, 4) is 0 Å². The van der Waals surface area contributed by atoms with Crippen molar-refractivity contribution in [2.75, 3.05) is 17.0 Å². The number of fused-ring (bicyclic) bond motifs is 3. The predicted molar refractivity (Wildman–Crippen MR) is 97.5 cm³/mol. The van der Waals surface area contributed by atoms with Gasteiger partial charge in [0.25, 0.3) is 5.91 Å². The fourth-order valence-corrected chi connectivity index (χ4v) is 4.59. The van der Waals surface area contributed by atoms with Crippen LogP contribution >= 0.6 is 23.5 Å². The van der Waals surface area contributed by atoms with Gasteiger partial charge < -0.3 is 0 Å². The van der Waals surface area contributed by atoms with E-state index in [1.54, 1.807) is 28.5 Å². The zero-order valence-electron chi connectivity index (χ0n) is 12.9. The van der Waals surface area contributed by atoms with Crippen LogP contribution in [0, 0.1) is 5.41 Å². The molecule has 1 atom stereocenters. The van der Waals surface area contributed by atoms with Gasteiger partial charge >= 0.3 is 0 Å². The van der Waals surface area contributed by atoms with Crippen LogP contribution < -0.4 is 5.01 Å². The van der Waals surface area contributed by atoms with Crippen molar-refractivity contribution in [2.24, 2.45) is 10.5 Å². The lowest BCUT2D eigenvalue weighted by atomic mass is 9.83. The minimum absolute atomic E-state index is 0.0615. The lowest BCUT2D eigenvalue weighted by molar-refractivity contribution is -0.122. The molecule has 0 aliphatic carbocycles. The molecule has 1 unspecified atom stereocenters. The van der Waals surface area contributed by atoms with E-state index in [0.717, 1.165) is 22.7 Å². The zero-order chi connectivity index (χ0) is 16.0. The van der Waals surface area contributed by atoms with Crippen molar-refractivity contribution in [2.45, 2.75) is 16.7 Å². The zero-order valence-corrected chi connectivity index (χ0v) is 14.6.